The van der Waals surface area contributed by atoms with Crippen LogP contribution in [0.1, 0.15) is 32.1 Å². The molecule has 0 amide bonds. The summed E-state index contributed by atoms with van der Waals surface area (Å²) in [5.74, 6) is 1.02. The van der Waals surface area contributed by atoms with Crippen molar-refractivity contribution in [1.29, 1.82) is 0 Å². The normalized spacial score (nSPS) is 24.5. The van der Waals surface area contributed by atoms with Gasteiger partial charge >= 0.3 is 0 Å². The third-order valence-corrected chi connectivity index (χ3v) is 4.76. The zero-order valence-corrected chi connectivity index (χ0v) is 11.7. The lowest BCUT2D eigenvalue weighted by Gasteiger charge is -2.46. The molecule has 0 aromatic heterocycles. The number of ether oxygens (including phenoxy) is 2. The second-order valence-electron chi connectivity index (χ2n) is 6.09. The lowest BCUT2D eigenvalue weighted by Crippen LogP contribution is -2.48. The van der Waals surface area contributed by atoms with Crippen molar-refractivity contribution in [1.82, 2.24) is 0 Å². The maximum Gasteiger partial charge on any atom is 0.127 e. The first-order valence-corrected chi connectivity index (χ1v) is 7.63. The van der Waals surface area contributed by atoms with Crippen molar-refractivity contribution >= 4 is 10.8 Å². The summed E-state index contributed by atoms with van der Waals surface area (Å²) in [5.41, 5.74) is 0.146. The number of rotatable bonds is 2. The Bertz CT molecular complexity index is 610. The Balaban J connectivity index is 1.58. The van der Waals surface area contributed by atoms with Crippen LogP contribution in [-0.2, 0) is 4.74 Å². The van der Waals surface area contributed by atoms with E-state index >= 15 is 0 Å². The number of hydrogen-bond acceptors (Lipinski definition) is 2. The van der Waals surface area contributed by atoms with Gasteiger partial charge in [0.15, 0.2) is 0 Å². The minimum atomic E-state index is 0.146. The van der Waals surface area contributed by atoms with Gasteiger partial charge in [-0.25, -0.2) is 0 Å². The SMILES string of the molecule is c1ccc2c(OC3CCOC4(CCC4)C3)cccc2c1. The van der Waals surface area contributed by atoms with Gasteiger partial charge < -0.3 is 9.47 Å². The third-order valence-electron chi connectivity index (χ3n) is 4.76. The molecule has 20 heavy (non-hydrogen) atoms. The van der Waals surface area contributed by atoms with E-state index < -0.39 is 0 Å². The Labute approximate surface area is 119 Å². The molecule has 1 spiro atoms. The summed E-state index contributed by atoms with van der Waals surface area (Å²) in [6.07, 6.45) is 6.09. The van der Waals surface area contributed by atoms with Gasteiger partial charge in [0.05, 0.1) is 12.2 Å². The van der Waals surface area contributed by atoms with Crippen LogP contribution in [0.2, 0.25) is 0 Å². The van der Waals surface area contributed by atoms with Crippen molar-refractivity contribution in [3.8, 4) is 5.75 Å². The van der Waals surface area contributed by atoms with E-state index in [0.29, 0.717) is 6.10 Å². The van der Waals surface area contributed by atoms with Crippen LogP contribution in [0.15, 0.2) is 42.5 Å². The molecule has 1 saturated carbocycles. The molecule has 1 heterocycles. The van der Waals surface area contributed by atoms with Crippen LogP contribution in [0.3, 0.4) is 0 Å². The number of fused-ring (bicyclic) bond motifs is 1. The second kappa shape index (κ2) is 4.78. The van der Waals surface area contributed by atoms with Crippen molar-refractivity contribution in [2.45, 2.75) is 43.8 Å². The first kappa shape index (κ1) is 12.2. The van der Waals surface area contributed by atoms with E-state index in [-0.39, 0.29) is 5.60 Å². The topological polar surface area (TPSA) is 18.5 Å². The molecule has 1 unspecified atom stereocenters. The molecular weight excluding hydrogens is 248 g/mol. The molecule has 1 aliphatic heterocycles. The summed E-state index contributed by atoms with van der Waals surface area (Å²) in [4.78, 5) is 0. The highest BCUT2D eigenvalue weighted by Crippen LogP contribution is 2.43. The van der Waals surface area contributed by atoms with Gasteiger partial charge in [-0.1, -0.05) is 36.4 Å². The fraction of sp³-hybridized carbons (Fsp3) is 0.444. The zero-order chi connectivity index (χ0) is 13.4. The second-order valence-corrected chi connectivity index (χ2v) is 6.09. The summed E-state index contributed by atoms with van der Waals surface area (Å²) in [7, 11) is 0. The molecule has 1 saturated heterocycles. The fourth-order valence-electron chi connectivity index (χ4n) is 3.48. The van der Waals surface area contributed by atoms with E-state index in [2.05, 4.69) is 42.5 Å². The summed E-state index contributed by atoms with van der Waals surface area (Å²) in [6.45, 7) is 0.843. The number of benzene rings is 2. The van der Waals surface area contributed by atoms with E-state index in [9.17, 15) is 0 Å². The predicted octanol–water partition coefficient (Wildman–Crippen LogP) is 4.32. The van der Waals surface area contributed by atoms with Crippen LogP contribution < -0.4 is 4.74 Å². The zero-order valence-electron chi connectivity index (χ0n) is 11.7. The van der Waals surface area contributed by atoms with Gasteiger partial charge in [0.25, 0.3) is 0 Å². The van der Waals surface area contributed by atoms with Crippen molar-refractivity contribution in [2.24, 2.45) is 0 Å². The molecule has 104 valence electrons. The number of hydrogen-bond donors (Lipinski definition) is 0. The van der Waals surface area contributed by atoms with Gasteiger partial charge in [-0.15, -0.1) is 0 Å². The maximum absolute atomic E-state index is 6.32. The van der Waals surface area contributed by atoms with Gasteiger partial charge in [-0.3, -0.25) is 0 Å². The smallest absolute Gasteiger partial charge is 0.127 e. The highest BCUT2D eigenvalue weighted by atomic mass is 16.5. The van der Waals surface area contributed by atoms with Crippen molar-refractivity contribution < 1.29 is 9.47 Å². The van der Waals surface area contributed by atoms with Gasteiger partial charge in [0.1, 0.15) is 11.9 Å². The summed E-state index contributed by atoms with van der Waals surface area (Å²) in [5, 5.41) is 2.46. The average molecular weight is 268 g/mol. The van der Waals surface area contributed by atoms with E-state index in [1.165, 1.54) is 30.0 Å². The van der Waals surface area contributed by atoms with Crippen LogP contribution in [0.5, 0.6) is 5.75 Å². The average Bonchev–Trinajstić information content (AvgIpc) is 2.46. The standard InChI is InChI=1S/C18H20O2/c1-2-7-16-14(5-1)6-3-8-17(16)20-15-9-12-19-18(13-15)10-4-11-18/h1-3,5-8,15H,4,9-13H2. The molecule has 0 radical (unpaired) electrons. The third kappa shape index (κ3) is 2.08. The van der Waals surface area contributed by atoms with Crippen molar-refractivity contribution in [3.63, 3.8) is 0 Å². The molecule has 4 rings (SSSR count). The molecule has 2 aromatic rings. The van der Waals surface area contributed by atoms with Gasteiger partial charge in [-0.05, 0) is 30.7 Å². The summed E-state index contributed by atoms with van der Waals surface area (Å²) in [6, 6.07) is 14.7. The molecule has 2 heteroatoms. The minimum absolute atomic E-state index is 0.146. The lowest BCUT2D eigenvalue weighted by molar-refractivity contribution is -0.153. The summed E-state index contributed by atoms with van der Waals surface area (Å²) < 4.78 is 12.3. The van der Waals surface area contributed by atoms with Crippen LogP contribution >= 0.6 is 0 Å². The highest BCUT2D eigenvalue weighted by molar-refractivity contribution is 5.88. The van der Waals surface area contributed by atoms with Crippen molar-refractivity contribution in [3.05, 3.63) is 42.5 Å². The first-order chi connectivity index (χ1) is 9.85. The largest absolute Gasteiger partial charge is 0.490 e. The fourth-order valence-corrected chi connectivity index (χ4v) is 3.48. The Hall–Kier alpha value is -1.54. The molecule has 1 aliphatic carbocycles. The van der Waals surface area contributed by atoms with Gasteiger partial charge in [-0.2, -0.15) is 0 Å². The molecule has 1 atom stereocenters. The van der Waals surface area contributed by atoms with E-state index in [1.807, 2.05) is 0 Å². The Morgan fingerprint density at radius 1 is 1.05 bits per heavy atom. The summed E-state index contributed by atoms with van der Waals surface area (Å²) >= 11 is 0. The molecule has 0 N–H and O–H groups in total. The van der Waals surface area contributed by atoms with Crippen LogP contribution in [-0.4, -0.2) is 18.3 Å². The van der Waals surface area contributed by atoms with E-state index in [4.69, 9.17) is 9.47 Å². The van der Waals surface area contributed by atoms with Gasteiger partial charge in [0, 0.05) is 18.2 Å². The quantitative estimate of drug-likeness (QED) is 0.807. The first-order valence-electron chi connectivity index (χ1n) is 7.63. The monoisotopic (exact) mass is 268 g/mol. The lowest BCUT2D eigenvalue weighted by atomic mass is 9.74. The molecule has 2 aliphatic rings. The van der Waals surface area contributed by atoms with Gasteiger partial charge in [0.2, 0.25) is 0 Å². The predicted molar refractivity (Wildman–Crippen MR) is 80.1 cm³/mol. The highest BCUT2D eigenvalue weighted by Gasteiger charge is 2.43. The molecule has 0 bridgehead atoms. The van der Waals surface area contributed by atoms with Crippen LogP contribution in [0.25, 0.3) is 10.8 Å². The van der Waals surface area contributed by atoms with E-state index in [1.54, 1.807) is 0 Å². The van der Waals surface area contributed by atoms with Crippen LogP contribution in [0.4, 0.5) is 0 Å². The van der Waals surface area contributed by atoms with Crippen molar-refractivity contribution in [2.75, 3.05) is 6.61 Å². The molecule has 2 nitrogen and oxygen atoms in total. The Kier molecular flexibility index (Phi) is 2.92. The molecular formula is C18H20O2. The maximum atomic E-state index is 6.32. The molecule has 2 fully saturated rings. The Morgan fingerprint density at radius 2 is 1.90 bits per heavy atom. The van der Waals surface area contributed by atoms with Crippen LogP contribution in [0, 0.1) is 0 Å². The van der Waals surface area contributed by atoms with E-state index in [0.717, 1.165) is 25.2 Å². The minimum Gasteiger partial charge on any atom is -0.490 e. The molecule has 2 aromatic carbocycles. The Morgan fingerprint density at radius 3 is 2.75 bits per heavy atom.